The van der Waals surface area contributed by atoms with E-state index in [1.54, 1.807) is 0 Å². The second kappa shape index (κ2) is 12.9. The van der Waals surface area contributed by atoms with Crippen molar-refractivity contribution in [2.24, 2.45) is 0 Å². The van der Waals surface area contributed by atoms with E-state index >= 15 is 0 Å². The molecule has 4 heteroatoms. The fourth-order valence-electron chi connectivity index (χ4n) is 1.30. The fraction of sp³-hybridized carbons (Fsp3) is 0.900. The third-order valence-electron chi connectivity index (χ3n) is 2.05. The molecule has 0 heterocycles. The van der Waals surface area contributed by atoms with Gasteiger partial charge in [0.2, 0.25) is 0 Å². The molecule has 0 bridgehead atoms. The third kappa shape index (κ3) is 10.4. The Kier molecular flexibility index (Phi) is 16.9. The number of rotatable bonds is 7. The molecule has 0 fully saturated rings. The number of unbranched alkanes of at least 4 members (excludes halogenated alkanes) is 3. The molecule has 0 aliphatic carbocycles. The van der Waals surface area contributed by atoms with Crippen LogP contribution in [0, 0.1) is 0 Å². The van der Waals surface area contributed by atoms with E-state index in [-0.39, 0.29) is 51.4 Å². The number of thiol groups is 1. The molecule has 0 amide bonds. The van der Waals surface area contributed by atoms with Crippen molar-refractivity contribution in [3.8, 4) is 0 Å². The quantitative estimate of drug-likeness (QED) is 0.323. The van der Waals surface area contributed by atoms with Crippen LogP contribution in [0.5, 0.6) is 0 Å². The number of hydrogen-bond acceptors (Lipinski definition) is 1. The SMILES string of the molecule is CCCCCCN(CCC)C(=S)S.[K]. The van der Waals surface area contributed by atoms with Crippen molar-refractivity contribution in [3.63, 3.8) is 0 Å². The topological polar surface area (TPSA) is 3.24 Å². The average Bonchev–Trinajstić information content (AvgIpc) is 2.10. The first-order valence-corrected chi connectivity index (χ1v) is 6.05. The van der Waals surface area contributed by atoms with Crippen molar-refractivity contribution in [2.45, 2.75) is 46.0 Å². The summed E-state index contributed by atoms with van der Waals surface area (Å²) >= 11 is 9.26. The molecule has 1 nitrogen and oxygen atoms in total. The Bertz CT molecular complexity index is 142. The van der Waals surface area contributed by atoms with Gasteiger partial charge in [-0.25, -0.2) is 0 Å². The van der Waals surface area contributed by atoms with Crippen molar-refractivity contribution in [1.82, 2.24) is 4.90 Å². The maximum atomic E-state index is 5.05. The minimum absolute atomic E-state index is 0. The summed E-state index contributed by atoms with van der Waals surface area (Å²) in [5, 5.41) is 0. The standard InChI is InChI=1S/C10H21NS2.K/c1-3-5-6-7-9-11(8-4-2)10(12)13;/h3-9H2,1-2H3,(H,12,13);. The monoisotopic (exact) mass is 258 g/mol. The molecule has 0 aromatic rings. The minimum atomic E-state index is 0. The van der Waals surface area contributed by atoms with Gasteiger partial charge in [0.15, 0.2) is 0 Å². The van der Waals surface area contributed by atoms with E-state index < -0.39 is 0 Å². The first-order valence-electron chi connectivity index (χ1n) is 5.20. The van der Waals surface area contributed by atoms with Gasteiger partial charge in [0.1, 0.15) is 4.32 Å². The molecule has 0 rings (SSSR count). The zero-order valence-corrected chi connectivity index (χ0v) is 14.6. The van der Waals surface area contributed by atoms with Gasteiger partial charge in [0.25, 0.3) is 0 Å². The van der Waals surface area contributed by atoms with Crippen LogP contribution in [0.2, 0.25) is 0 Å². The molecule has 0 saturated carbocycles. The fourth-order valence-corrected chi connectivity index (χ4v) is 1.69. The third-order valence-corrected chi connectivity index (χ3v) is 2.59. The van der Waals surface area contributed by atoms with Crippen molar-refractivity contribution < 1.29 is 0 Å². The van der Waals surface area contributed by atoms with E-state index in [1.165, 1.54) is 25.7 Å². The first kappa shape index (κ1) is 18.2. The predicted octanol–water partition coefficient (Wildman–Crippen LogP) is 3.11. The Labute approximate surface area is 142 Å². The second-order valence-corrected chi connectivity index (χ2v) is 4.44. The molecule has 79 valence electrons. The van der Waals surface area contributed by atoms with E-state index in [1.807, 2.05) is 0 Å². The van der Waals surface area contributed by atoms with E-state index in [0.29, 0.717) is 0 Å². The van der Waals surface area contributed by atoms with E-state index in [2.05, 4.69) is 31.4 Å². The van der Waals surface area contributed by atoms with Crippen molar-refractivity contribution >= 4 is 80.6 Å². The maximum absolute atomic E-state index is 5.05. The van der Waals surface area contributed by atoms with E-state index in [9.17, 15) is 0 Å². The zero-order valence-electron chi connectivity index (χ0n) is 9.75. The smallest absolute Gasteiger partial charge is 0.133 e. The summed E-state index contributed by atoms with van der Waals surface area (Å²) < 4.78 is 0.748. The van der Waals surface area contributed by atoms with Gasteiger partial charge < -0.3 is 4.90 Å². The Morgan fingerprint density at radius 3 is 2.14 bits per heavy atom. The van der Waals surface area contributed by atoms with Gasteiger partial charge in [-0.05, 0) is 12.8 Å². The molecule has 0 aromatic carbocycles. The molecular formula is C10H21KNS2. The Morgan fingerprint density at radius 2 is 1.71 bits per heavy atom. The molecule has 0 spiro atoms. The minimum Gasteiger partial charge on any atom is -0.358 e. The van der Waals surface area contributed by atoms with Gasteiger partial charge in [0.05, 0.1) is 0 Å². The van der Waals surface area contributed by atoms with Crippen molar-refractivity contribution in [3.05, 3.63) is 0 Å². The van der Waals surface area contributed by atoms with Gasteiger partial charge in [0, 0.05) is 64.5 Å². The van der Waals surface area contributed by atoms with Crippen LogP contribution < -0.4 is 0 Å². The molecule has 0 atom stereocenters. The molecule has 14 heavy (non-hydrogen) atoms. The van der Waals surface area contributed by atoms with Crippen LogP contribution >= 0.6 is 24.8 Å². The number of thiocarbonyl (C=S) groups is 1. The molecule has 0 unspecified atom stereocenters. The van der Waals surface area contributed by atoms with E-state index in [4.69, 9.17) is 12.2 Å². The molecule has 1 radical (unpaired) electrons. The van der Waals surface area contributed by atoms with Crippen molar-refractivity contribution in [1.29, 1.82) is 0 Å². The average molecular weight is 259 g/mol. The summed E-state index contributed by atoms with van der Waals surface area (Å²) in [5.41, 5.74) is 0. The second-order valence-electron chi connectivity index (χ2n) is 3.33. The van der Waals surface area contributed by atoms with Gasteiger partial charge in [-0.2, -0.15) is 0 Å². The van der Waals surface area contributed by atoms with Gasteiger partial charge >= 0.3 is 0 Å². The summed E-state index contributed by atoms with van der Waals surface area (Å²) in [4.78, 5) is 2.19. The van der Waals surface area contributed by atoms with Crippen LogP contribution in [0.1, 0.15) is 46.0 Å². The molecule has 0 N–H and O–H groups in total. The first-order chi connectivity index (χ1) is 6.22. The molecular weight excluding hydrogens is 237 g/mol. The molecule has 0 aromatic heterocycles. The summed E-state index contributed by atoms with van der Waals surface area (Å²) in [6.07, 6.45) is 6.33. The van der Waals surface area contributed by atoms with Gasteiger partial charge in [-0.1, -0.05) is 45.3 Å². The summed E-state index contributed by atoms with van der Waals surface area (Å²) in [6, 6.07) is 0. The zero-order chi connectivity index (χ0) is 10.1. The van der Waals surface area contributed by atoms with Crippen LogP contribution in [-0.4, -0.2) is 73.7 Å². The van der Waals surface area contributed by atoms with Crippen LogP contribution in [0.15, 0.2) is 0 Å². The molecule has 0 aliphatic rings. The van der Waals surface area contributed by atoms with Gasteiger partial charge in [-0.3, -0.25) is 0 Å². The van der Waals surface area contributed by atoms with Gasteiger partial charge in [-0.15, -0.1) is 12.6 Å². The Morgan fingerprint density at radius 1 is 1.07 bits per heavy atom. The molecule has 0 saturated heterocycles. The van der Waals surface area contributed by atoms with Crippen LogP contribution in [0.25, 0.3) is 0 Å². The number of nitrogens with zero attached hydrogens (tertiary/aromatic N) is 1. The van der Waals surface area contributed by atoms with Crippen LogP contribution in [-0.2, 0) is 0 Å². The number of hydrogen-bond donors (Lipinski definition) is 1. The summed E-state index contributed by atoms with van der Waals surface area (Å²) in [7, 11) is 0. The largest absolute Gasteiger partial charge is 0.358 e. The predicted molar refractivity (Wildman–Crippen MR) is 73.3 cm³/mol. The van der Waals surface area contributed by atoms with Crippen molar-refractivity contribution in [2.75, 3.05) is 13.1 Å². The Balaban J connectivity index is 0. The Hall–Kier alpha value is 1.88. The summed E-state index contributed by atoms with van der Waals surface area (Å²) in [5.74, 6) is 0. The van der Waals surface area contributed by atoms with E-state index in [0.717, 1.165) is 23.8 Å². The maximum Gasteiger partial charge on any atom is 0.133 e. The normalized spacial score (nSPS) is 9.36. The van der Waals surface area contributed by atoms with Crippen LogP contribution in [0.3, 0.4) is 0 Å². The summed E-state index contributed by atoms with van der Waals surface area (Å²) in [6.45, 7) is 6.53. The molecule has 0 aliphatic heterocycles. The van der Waals surface area contributed by atoms with Crippen LogP contribution in [0.4, 0.5) is 0 Å².